The highest BCUT2D eigenvalue weighted by atomic mass is 16.7. The van der Waals surface area contributed by atoms with E-state index in [1.54, 1.807) is 6.21 Å². The van der Waals surface area contributed by atoms with Crippen LogP contribution in [0.5, 0.6) is 11.5 Å². The van der Waals surface area contributed by atoms with Crippen molar-refractivity contribution in [1.29, 1.82) is 0 Å². The largest absolute Gasteiger partial charge is 0.454 e. The molecule has 0 spiro atoms. The van der Waals surface area contributed by atoms with Crippen LogP contribution in [0.2, 0.25) is 0 Å². The van der Waals surface area contributed by atoms with Crippen molar-refractivity contribution in [3.05, 3.63) is 23.8 Å². The van der Waals surface area contributed by atoms with Gasteiger partial charge in [-0.2, -0.15) is 5.10 Å². The molecule has 0 unspecified atom stereocenters. The van der Waals surface area contributed by atoms with Crippen LogP contribution in [0.4, 0.5) is 11.6 Å². The number of aromatic nitrogens is 2. The number of hydrogen-bond acceptors (Lipinski definition) is 8. The highest BCUT2D eigenvalue weighted by Gasteiger charge is 2.12. The molecule has 0 amide bonds. The molecule has 8 nitrogen and oxygen atoms in total. The predicted molar refractivity (Wildman–Crippen MR) is 62.5 cm³/mol. The molecule has 1 aliphatic heterocycles. The Kier molecular flexibility index (Phi) is 2.45. The number of rotatable bonds is 3. The summed E-state index contributed by atoms with van der Waals surface area (Å²) in [5.74, 6) is 1.84. The van der Waals surface area contributed by atoms with Gasteiger partial charge >= 0.3 is 0 Å². The molecule has 0 saturated heterocycles. The molecule has 0 aliphatic carbocycles. The van der Waals surface area contributed by atoms with Gasteiger partial charge in [0.25, 0.3) is 0 Å². The zero-order valence-electron chi connectivity index (χ0n) is 9.16. The molecule has 2 aromatic rings. The van der Waals surface area contributed by atoms with Gasteiger partial charge in [-0.1, -0.05) is 0 Å². The van der Waals surface area contributed by atoms with E-state index >= 15 is 0 Å². The van der Waals surface area contributed by atoms with Crippen LogP contribution in [-0.2, 0) is 0 Å². The molecule has 0 saturated carbocycles. The van der Waals surface area contributed by atoms with Crippen molar-refractivity contribution in [2.75, 3.05) is 18.0 Å². The van der Waals surface area contributed by atoms with Crippen molar-refractivity contribution in [3.8, 4) is 11.5 Å². The van der Waals surface area contributed by atoms with E-state index in [-0.39, 0.29) is 18.4 Å². The van der Waals surface area contributed by atoms with Gasteiger partial charge in [0.05, 0.1) is 6.21 Å². The van der Waals surface area contributed by atoms with E-state index < -0.39 is 0 Å². The molecule has 0 fully saturated rings. The second-order valence-corrected chi connectivity index (χ2v) is 3.48. The van der Waals surface area contributed by atoms with Crippen molar-refractivity contribution in [2.45, 2.75) is 0 Å². The maximum absolute atomic E-state index is 5.45. The Labute approximate surface area is 101 Å². The summed E-state index contributed by atoms with van der Waals surface area (Å²) < 4.78 is 14.9. The number of hydrazone groups is 1. The molecule has 0 atom stereocenters. The summed E-state index contributed by atoms with van der Waals surface area (Å²) in [6.07, 6.45) is 1.59. The van der Waals surface area contributed by atoms with E-state index in [9.17, 15) is 0 Å². The summed E-state index contributed by atoms with van der Waals surface area (Å²) in [5, 5.41) is 10.9. The lowest BCUT2D eigenvalue weighted by Crippen LogP contribution is -1.95. The Morgan fingerprint density at radius 3 is 3.00 bits per heavy atom. The number of hydrogen-bond donors (Lipinski definition) is 2. The highest BCUT2D eigenvalue weighted by molar-refractivity contribution is 5.81. The van der Waals surface area contributed by atoms with Crippen molar-refractivity contribution in [1.82, 2.24) is 10.3 Å². The zero-order chi connectivity index (χ0) is 12.4. The Bertz CT molecular complexity index is 595. The molecule has 1 aliphatic rings. The maximum Gasteiger partial charge on any atom is 0.235 e. The third-order valence-electron chi connectivity index (χ3n) is 2.29. The van der Waals surface area contributed by atoms with Crippen LogP contribution in [0.15, 0.2) is 27.9 Å². The quantitative estimate of drug-likeness (QED) is 0.610. The van der Waals surface area contributed by atoms with Crippen LogP contribution in [-0.4, -0.2) is 23.3 Å². The molecule has 18 heavy (non-hydrogen) atoms. The summed E-state index contributed by atoms with van der Waals surface area (Å²) in [6.45, 7) is 0.245. The maximum atomic E-state index is 5.45. The summed E-state index contributed by atoms with van der Waals surface area (Å²) in [4.78, 5) is 0. The third-order valence-corrected chi connectivity index (χ3v) is 2.29. The van der Waals surface area contributed by atoms with Gasteiger partial charge in [-0.15, -0.1) is 0 Å². The van der Waals surface area contributed by atoms with Crippen LogP contribution < -0.4 is 20.6 Å². The van der Waals surface area contributed by atoms with Gasteiger partial charge in [-0.25, -0.2) is 4.63 Å². The Balaban J connectivity index is 1.71. The molecule has 8 heteroatoms. The monoisotopic (exact) mass is 247 g/mol. The minimum Gasteiger partial charge on any atom is -0.454 e. The number of nitrogens with two attached hydrogens (primary N) is 1. The van der Waals surface area contributed by atoms with Crippen molar-refractivity contribution >= 4 is 17.9 Å². The fraction of sp³-hybridized carbons (Fsp3) is 0.100. The van der Waals surface area contributed by atoms with E-state index in [1.807, 2.05) is 18.2 Å². The molecule has 0 bridgehead atoms. The number of ether oxygens (including phenoxy) is 2. The number of nitrogen functional groups attached to an aromatic ring is 1. The van der Waals surface area contributed by atoms with E-state index in [0.29, 0.717) is 5.75 Å². The number of fused-ring (bicyclic) bond motifs is 1. The first-order chi connectivity index (χ1) is 8.83. The van der Waals surface area contributed by atoms with Gasteiger partial charge in [-0.3, -0.25) is 5.43 Å². The Morgan fingerprint density at radius 2 is 2.17 bits per heavy atom. The molecule has 2 heterocycles. The van der Waals surface area contributed by atoms with Gasteiger partial charge in [0.1, 0.15) is 0 Å². The summed E-state index contributed by atoms with van der Waals surface area (Å²) in [5.41, 5.74) is 8.92. The fourth-order valence-corrected chi connectivity index (χ4v) is 1.43. The lowest BCUT2D eigenvalue weighted by Gasteiger charge is -1.97. The van der Waals surface area contributed by atoms with Gasteiger partial charge in [-0.05, 0) is 34.1 Å². The average molecular weight is 247 g/mol. The van der Waals surface area contributed by atoms with E-state index in [0.717, 1.165) is 11.3 Å². The fourth-order valence-electron chi connectivity index (χ4n) is 1.43. The number of benzene rings is 1. The van der Waals surface area contributed by atoms with Gasteiger partial charge in [0.2, 0.25) is 18.4 Å². The molecule has 92 valence electrons. The van der Waals surface area contributed by atoms with E-state index in [2.05, 4.69) is 25.5 Å². The molecule has 1 aromatic heterocycles. The van der Waals surface area contributed by atoms with Crippen molar-refractivity contribution in [3.63, 3.8) is 0 Å². The topological polar surface area (TPSA) is 108 Å². The molecular formula is C10H9N5O3. The summed E-state index contributed by atoms with van der Waals surface area (Å²) in [6, 6.07) is 5.48. The first kappa shape index (κ1) is 10.4. The van der Waals surface area contributed by atoms with E-state index in [1.165, 1.54) is 0 Å². The third kappa shape index (κ3) is 1.90. The lowest BCUT2D eigenvalue weighted by molar-refractivity contribution is 0.174. The Morgan fingerprint density at radius 1 is 1.28 bits per heavy atom. The number of anilines is 2. The number of nitrogens with zero attached hydrogens (tertiary/aromatic N) is 3. The van der Waals surface area contributed by atoms with E-state index in [4.69, 9.17) is 15.2 Å². The summed E-state index contributed by atoms with van der Waals surface area (Å²) >= 11 is 0. The van der Waals surface area contributed by atoms with Crippen molar-refractivity contribution in [2.24, 2.45) is 5.10 Å². The molecular weight excluding hydrogens is 238 g/mol. The first-order valence-corrected chi connectivity index (χ1v) is 5.10. The summed E-state index contributed by atoms with van der Waals surface area (Å²) in [7, 11) is 0. The van der Waals surface area contributed by atoms with Crippen LogP contribution in [0.1, 0.15) is 5.56 Å². The van der Waals surface area contributed by atoms with Gasteiger partial charge in [0.15, 0.2) is 11.5 Å². The molecule has 3 N–H and O–H groups in total. The number of nitrogens with one attached hydrogen (secondary N) is 1. The second kappa shape index (κ2) is 4.24. The van der Waals surface area contributed by atoms with Crippen LogP contribution in [0.3, 0.4) is 0 Å². The standard InChI is InChI=1S/C10H9N5O3/c11-9-10(15-18-14-9)13-12-4-6-1-2-7-8(3-6)17-5-16-7/h1-4H,5H2,(H2,11,14)(H,13,15). The van der Waals surface area contributed by atoms with Gasteiger partial charge in [0, 0.05) is 0 Å². The average Bonchev–Trinajstić information content (AvgIpc) is 2.98. The highest BCUT2D eigenvalue weighted by Crippen LogP contribution is 2.31. The van der Waals surface area contributed by atoms with Gasteiger partial charge < -0.3 is 15.2 Å². The Hall–Kier alpha value is -2.77. The predicted octanol–water partition coefficient (Wildman–Crippen LogP) is 0.826. The minimum absolute atomic E-state index is 0.151. The van der Waals surface area contributed by atoms with Crippen LogP contribution >= 0.6 is 0 Å². The molecule has 0 radical (unpaired) electrons. The normalized spacial score (nSPS) is 13.1. The smallest absolute Gasteiger partial charge is 0.235 e. The van der Waals surface area contributed by atoms with Crippen LogP contribution in [0.25, 0.3) is 0 Å². The first-order valence-electron chi connectivity index (χ1n) is 5.10. The lowest BCUT2D eigenvalue weighted by atomic mass is 10.2. The van der Waals surface area contributed by atoms with Crippen molar-refractivity contribution < 1.29 is 14.1 Å². The van der Waals surface area contributed by atoms with Crippen LogP contribution in [0, 0.1) is 0 Å². The molecule has 3 rings (SSSR count). The SMILES string of the molecule is Nc1nonc1NN=Cc1ccc2c(c1)OCO2. The zero-order valence-corrected chi connectivity index (χ0v) is 9.16. The molecule has 1 aromatic carbocycles. The minimum atomic E-state index is 0.151. The second-order valence-electron chi connectivity index (χ2n) is 3.48.